The first-order valence-corrected chi connectivity index (χ1v) is 6.30. The zero-order valence-electron chi connectivity index (χ0n) is 9.26. The Morgan fingerprint density at radius 2 is 1.64 bits per heavy atom. The van der Waals surface area contributed by atoms with Gasteiger partial charge in [0.1, 0.15) is 0 Å². The molecule has 0 aliphatic heterocycles. The Morgan fingerprint density at radius 1 is 1.07 bits per heavy atom. The summed E-state index contributed by atoms with van der Waals surface area (Å²) in [5, 5.41) is 9.64. The van der Waals surface area contributed by atoms with E-state index in [0.29, 0.717) is 17.4 Å². The molecule has 0 heterocycles. The van der Waals surface area contributed by atoms with Gasteiger partial charge in [-0.25, -0.2) is 0 Å². The Hall–Kier alpha value is -0.0400. The lowest BCUT2D eigenvalue weighted by Crippen LogP contribution is -2.53. The Morgan fingerprint density at radius 3 is 2.14 bits per heavy atom. The maximum absolute atomic E-state index is 9.64. The fourth-order valence-electron chi connectivity index (χ4n) is 5.25. The molecular formula is C13H22O. The van der Waals surface area contributed by atoms with Crippen LogP contribution in [0.5, 0.6) is 0 Å². The van der Waals surface area contributed by atoms with Crippen LogP contribution in [0.25, 0.3) is 0 Å². The molecule has 0 radical (unpaired) electrons. The number of aliphatic hydroxyl groups is 1. The molecule has 4 fully saturated rings. The molecule has 0 saturated heterocycles. The average Bonchev–Trinajstić information content (AvgIpc) is 2.16. The van der Waals surface area contributed by atoms with Crippen molar-refractivity contribution >= 4 is 0 Å². The summed E-state index contributed by atoms with van der Waals surface area (Å²) < 4.78 is 0. The molecule has 14 heavy (non-hydrogen) atoms. The third-order valence-corrected chi connectivity index (χ3v) is 5.39. The largest absolute Gasteiger partial charge is 0.396 e. The van der Waals surface area contributed by atoms with Crippen molar-refractivity contribution in [2.75, 3.05) is 6.61 Å². The third-order valence-electron chi connectivity index (χ3n) is 5.39. The van der Waals surface area contributed by atoms with Crippen molar-refractivity contribution in [1.82, 2.24) is 0 Å². The van der Waals surface area contributed by atoms with Crippen molar-refractivity contribution in [1.29, 1.82) is 0 Å². The second-order valence-electron chi connectivity index (χ2n) is 6.47. The molecule has 4 aliphatic carbocycles. The fraction of sp³-hybridized carbons (Fsp3) is 1.00. The van der Waals surface area contributed by atoms with Crippen molar-refractivity contribution in [3.8, 4) is 0 Å². The Balaban J connectivity index is 1.94. The van der Waals surface area contributed by atoms with Gasteiger partial charge in [0.25, 0.3) is 0 Å². The van der Waals surface area contributed by atoms with Crippen LogP contribution < -0.4 is 0 Å². The van der Waals surface area contributed by atoms with Crippen molar-refractivity contribution in [3.63, 3.8) is 0 Å². The smallest absolute Gasteiger partial charge is 0.0487 e. The van der Waals surface area contributed by atoms with Crippen molar-refractivity contribution in [2.45, 2.75) is 51.9 Å². The highest BCUT2D eigenvalue weighted by atomic mass is 16.3. The zero-order valence-corrected chi connectivity index (χ0v) is 9.26. The average molecular weight is 194 g/mol. The third kappa shape index (κ3) is 1.11. The summed E-state index contributed by atoms with van der Waals surface area (Å²) in [6.45, 7) is 2.82. The normalized spacial score (nSPS) is 55.3. The summed E-state index contributed by atoms with van der Waals surface area (Å²) in [6, 6.07) is 0. The van der Waals surface area contributed by atoms with Crippen LogP contribution in [0.3, 0.4) is 0 Å². The summed E-state index contributed by atoms with van der Waals surface area (Å²) in [7, 11) is 0. The van der Waals surface area contributed by atoms with Crippen LogP contribution in [0.4, 0.5) is 0 Å². The number of aliphatic hydroxyl groups excluding tert-OH is 1. The van der Waals surface area contributed by atoms with Gasteiger partial charge in [0.05, 0.1) is 0 Å². The molecule has 2 atom stereocenters. The number of rotatable bonds is 2. The highest BCUT2D eigenvalue weighted by molar-refractivity contribution is 5.06. The lowest BCUT2D eigenvalue weighted by atomic mass is 9.44. The van der Waals surface area contributed by atoms with E-state index in [1.54, 1.807) is 0 Å². The Kier molecular flexibility index (Phi) is 1.81. The van der Waals surface area contributed by atoms with E-state index in [9.17, 15) is 5.11 Å². The van der Waals surface area contributed by atoms with E-state index in [0.717, 1.165) is 11.8 Å². The van der Waals surface area contributed by atoms with Gasteiger partial charge in [-0.3, -0.25) is 0 Å². The molecule has 0 amide bonds. The van der Waals surface area contributed by atoms with E-state index in [-0.39, 0.29) is 0 Å². The van der Waals surface area contributed by atoms with Gasteiger partial charge in [-0.05, 0) is 61.2 Å². The van der Waals surface area contributed by atoms with Gasteiger partial charge in [0.15, 0.2) is 0 Å². The highest BCUT2D eigenvalue weighted by Crippen LogP contribution is 2.65. The van der Waals surface area contributed by atoms with Gasteiger partial charge in [-0.15, -0.1) is 0 Å². The van der Waals surface area contributed by atoms with Crippen LogP contribution in [0.2, 0.25) is 0 Å². The second-order valence-corrected chi connectivity index (χ2v) is 6.47. The Bertz CT molecular complexity index is 210. The predicted octanol–water partition coefficient (Wildman–Crippen LogP) is 2.98. The minimum absolute atomic E-state index is 0.361. The van der Waals surface area contributed by atoms with E-state index in [1.165, 1.54) is 44.9 Å². The van der Waals surface area contributed by atoms with Crippen LogP contribution in [0.1, 0.15) is 51.9 Å². The summed E-state index contributed by atoms with van der Waals surface area (Å²) >= 11 is 0. The van der Waals surface area contributed by atoms with Crippen LogP contribution in [0, 0.1) is 22.7 Å². The standard InChI is InChI=1S/C13H22O/c1-2-12-4-10-3-11(5-12)7-13(6-10,8-12)9-14/h10-11,14H,2-9H2,1H3/t10-,11-,12?,13?/m1/s1. The maximum atomic E-state index is 9.64. The molecule has 0 aromatic heterocycles. The number of hydrogen-bond donors (Lipinski definition) is 1. The van der Waals surface area contributed by atoms with Crippen molar-refractivity contribution < 1.29 is 5.11 Å². The van der Waals surface area contributed by atoms with Crippen LogP contribution in [-0.4, -0.2) is 11.7 Å². The van der Waals surface area contributed by atoms with Gasteiger partial charge in [0.2, 0.25) is 0 Å². The molecule has 4 bridgehead atoms. The van der Waals surface area contributed by atoms with Crippen molar-refractivity contribution in [3.05, 3.63) is 0 Å². The molecule has 4 rings (SSSR count). The van der Waals surface area contributed by atoms with E-state index in [2.05, 4.69) is 6.92 Å². The fourth-order valence-corrected chi connectivity index (χ4v) is 5.25. The molecule has 0 spiro atoms. The van der Waals surface area contributed by atoms with Gasteiger partial charge in [-0.2, -0.15) is 0 Å². The quantitative estimate of drug-likeness (QED) is 0.716. The van der Waals surface area contributed by atoms with Gasteiger partial charge in [0, 0.05) is 6.61 Å². The van der Waals surface area contributed by atoms with E-state index >= 15 is 0 Å². The summed E-state index contributed by atoms with van der Waals surface area (Å²) in [4.78, 5) is 0. The van der Waals surface area contributed by atoms with Crippen LogP contribution >= 0.6 is 0 Å². The van der Waals surface area contributed by atoms with Gasteiger partial charge < -0.3 is 5.11 Å². The zero-order chi connectivity index (χ0) is 9.81. The minimum Gasteiger partial charge on any atom is -0.396 e. The minimum atomic E-state index is 0.361. The molecule has 0 aromatic carbocycles. The lowest BCUT2D eigenvalue weighted by molar-refractivity contribution is -0.130. The topological polar surface area (TPSA) is 20.2 Å². The molecule has 80 valence electrons. The van der Waals surface area contributed by atoms with Crippen LogP contribution in [-0.2, 0) is 0 Å². The SMILES string of the molecule is CCC12C[C@H]3C[C@H](C1)CC(CO)(C3)C2. The summed E-state index contributed by atoms with van der Waals surface area (Å²) in [5.74, 6) is 1.92. The van der Waals surface area contributed by atoms with E-state index in [1.807, 2.05) is 0 Å². The Labute approximate surface area is 86.9 Å². The van der Waals surface area contributed by atoms with Gasteiger partial charge >= 0.3 is 0 Å². The number of hydrogen-bond acceptors (Lipinski definition) is 1. The molecule has 0 unspecified atom stereocenters. The van der Waals surface area contributed by atoms with Crippen LogP contribution in [0.15, 0.2) is 0 Å². The maximum Gasteiger partial charge on any atom is 0.0487 e. The molecule has 4 aliphatic rings. The second kappa shape index (κ2) is 2.75. The summed E-state index contributed by atoms with van der Waals surface area (Å²) in [5.41, 5.74) is 1.01. The van der Waals surface area contributed by atoms with Crippen molar-refractivity contribution in [2.24, 2.45) is 22.7 Å². The van der Waals surface area contributed by atoms with Gasteiger partial charge in [-0.1, -0.05) is 13.3 Å². The first kappa shape index (κ1) is 9.21. The highest BCUT2D eigenvalue weighted by Gasteiger charge is 2.56. The van der Waals surface area contributed by atoms with E-state index < -0.39 is 0 Å². The molecule has 0 aromatic rings. The molecule has 1 N–H and O–H groups in total. The first-order valence-electron chi connectivity index (χ1n) is 6.30. The molecule has 1 heteroatoms. The lowest BCUT2D eigenvalue weighted by Gasteiger charge is -2.62. The molecule has 4 saturated carbocycles. The molecule has 1 nitrogen and oxygen atoms in total. The van der Waals surface area contributed by atoms with E-state index in [4.69, 9.17) is 0 Å². The first-order chi connectivity index (χ1) is 6.69. The predicted molar refractivity (Wildman–Crippen MR) is 56.9 cm³/mol. The molecular weight excluding hydrogens is 172 g/mol. The summed E-state index contributed by atoms with van der Waals surface area (Å²) in [6.07, 6.45) is 9.78. The monoisotopic (exact) mass is 194 g/mol.